The molecule has 1 aliphatic rings. The molecule has 1 fully saturated rings. The van der Waals surface area contributed by atoms with Crippen LogP contribution in [-0.2, 0) is 10.0 Å². The maximum absolute atomic E-state index is 12.1. The molecule has 0 heterocycles. The molecule has 3 N–H and O–H groups in total. The Labute approximate surface area is 110 Å². The summed E-state index contributed by atoms with van der Waals surface area (Å²) in [6, 6.07) is 4.79. The Kier molecular flexibility index (Phi) is 3.75. The predicted octanol–water partition coefficient (Wildman–Crippen LogP) is 2.25. The first-order chi connectivity index (χ1) is 7.99. The number of nitrogen functional groups attached to an aromatic ring is 1. The molecule has 0 aromatic heterocycles. The fraction of sp³-hybridized carbons (Fsp3) is 0.455. The lowest BCUT2D eigenvalue weighted by atomic mass is 10.3. The topological polar surface area (TPSA) is 72.2 Å². The van der Waals surface area contributed by atoms with Crippen molar-refractivity contribution in [1.29, 1.82) is 0 Å². The summed E-state index contributed by atoms with van der Waals surface area (Å²) >= 11 is 3.23. The van der Waals surface area contributed by atoms with Gasteiger partial charge in [0, 0.05) is 16.2 Å². The van der Waals surface area contributed by atoms with Crippen LogP contribution in [-0.4, -0.2) is 14.5 Å². The molecule has 0 saturated heterocycles. The minimum absolute atomic E-state index is 0.0736. The summed E-state index contributed by atoms with van der Waals surface area (Å²) in [5, 5.41) is 0. The molecular formula is C11H15BrN2O2S. The Hall–Kier alpha value is -0.590. The second kappa shape index (κ2) is 4.96. The van der Waals surface area contributed by atoms with E-state index in [1.54, 1.807) is 12.1 Å². The molecule has 1 aliphatic carbocycles. The average molecular weight is 319 g/mol. The smallest absolute Gasteiger partial charge is 0.241 e. The Morgan fingerprint density at radius 2 is 1.94 bits per heavy atom. The quantitative estimate of drug-likeness (QED) is 0.840. The standard InChI is InChI=1S/C11H15BrN2O2S/c12-10-7-8(13)5-6-11(10)17(15,16)14-9-3-1-2-4-9/h5-7,9,14H,1-4,13H2. The second-order valence-electron chi connectivity index (χ2n) is 4.29. The third kappa shape index (κ3) is 3.00. The fourth-order valence-corrected chi connectivity index (χ4v) is 4.46. The van der Waals surface area contributed by atoms with E-state index in [-0.39, 0.29) is 10.9 Å². The molecule has 1 saturated carbocycles. The number of hydrogen-bond donors (Lipinski definition) is 2. The van der Waals surface area contributed by atoms with Gasteiger partial charge in [0.1, 0.15) is 0 Å². The zero-order valence-electron chi connectivity index (χ0n) is 9.32. The maximum Gasteiger partial charge on any atom is 0.241 e. The molecule has 0 radical (unpaired) electrons. The van der Waals surface area contributed by atoms with Crippen LogP contribution >= 0.6 is 15.9 Å². The highest BCUT2D eigenvalue weighted by Gasteiger charge is 2.24. The van der Waals surface area contributed by atoms with Crippen LogP contribution in [0.25, 0.3) is 0 Å². The first-order valence-corrected chi connectivity index (χ1v) is 7.84. The van der Waals surface area contributed by atoms with Gasteiger partial charge in [-0.25, -0.2) is 13.1 Å². The van der Waals surface area contributed by atoms with Gasteiger partial charge in [0.05, 0.1) is 4.90 Å². The Morgan fingerprint density at radius 3 is 2.53 bits per heavy atom. The number of halogens is 1. The lowest BCUT2D eigenvalue weighted by molar-refractivity contribution is 0.552. The van der Waals surface area contributed by atoms with E-state index in [4.69, 9.17) is 5.73 Å². The van der Waals surface area contributed by atoms with Gasteiger partial charge in [0.25, 0.3) is 0 Å². The molecule has 6 heteroatoms. The monoisotopic (exact) mass is 318 g/mol. The Bertz CT molecular complexity index is 510. The molecule has 0 atom stereocenters. The van der Waals surface area contributed by atoms with Gasteiger partial charge in [-0.15, -0.1) is 0 Å². The molecule has 1 aromatic carbocycles. The average Bonchev–Trinajstić information content (AvgIpc) is 2.68. The molecule has 1 aromatic rings. The lowest BCUT2D eigenvalue weighted by Gasteiger charge is -2.13. The minimum atomic E-state index is -3.44. The van der Waals surface area contributed by atoms with E-state index in [9.17, 15) is 8.42 Å². The number of benzene rings is 1. The normalized spacial score (nSPS) is 17.5. The third-order valence-electron chi connectivity index (χ3n) is 2.92. The summed E-state index contributed by atoms with van der Waals surface area (Å²) in [7, 11) is -3.44. The zero-order chi connectivity index (χ0) is 12.5. The fourth-order valence-electron chi connectivity index (χ4n) is 2.06. The van der Waals surface area contributed by atoms with E-state index < -0.39 is 10.0 Å². The number of sulfonamides is 1. The largest absolute Gasteiger partial charge is 0.399 e. The Balaban J connectivity index is 2.24. The van der Waals surface area contributed by atoms with Crippen LogP contribution < -0.4 is 10.5 Å². The summed E-state index contributed by atoms with van der Waals surface area (Å²) in [6.45, 7) is 0. The van der Waals surface area contributed by atoms with E-state index >= 15 is 0 Å². The zero-order valence-corrected chi connectivity index (χ0v) is 11.7. The lowest BCUT2D eigenvalue weighted by Crippen LogP contribution is -2.32. The molecule has 0 bridgehead atoms. The van der Waals surface area contributed by atoms with Crippen molar-refractivity contribution in [2.75, 3.05) is 5.73 Å². The summed E-state index contributed by atoms with van der Waals surface area (Å²) in [6.07, 6.45) is 4.03. The molecule has 0 amide bonds. The van der Waals surface area contributed by atoms with E-state index in [0.29, 0.717) is 10.2 Å². The van der Waals surface area contributed by atoms with Gasteiger partial charge >= 0.3 is 0 Å². The van der Waals surface area contributed by atoms with Crippen LogP contribution in [0.15, 0.2) is 27.6 Å². The molecule has 2 rings (SSSR count). The number of anilines is 1. The van der Waals surface area contributed by atoms with Gasteiger partial charge in [-0.05, 0) is 47.0 Å². The Morgan fingerprint density at radius 1 is 1.29 bits per heavy atom. The van der Waals surface area contributed by atoms with Crippen molar-refractivity contribution in [2.45, 2.75) is 36.6 Å². The van der Waals surface area contributed by atoms with Gasteiger partial charge < -0.3 is 5.73 Å². The highest BCUT2D eigenvalue weighted by Crippen LogP contribution is 2.26. The van der Waals surface area contributed by atoms with Crippen LogP contribution in [0.2, 0.25) is 0 Å². The molecular weight excluding hydrogens is 304 g/mol. The highest BCUT2D eigenvalue weighted by atomic mass is 79.9. The first kappa shape index (κ1) is 12.9. The van der Waals surface area contributed by atoms with Crippen molar-refractivity contribution in [3.63, 3.8) is 0 Å². The summed E-state index contributed by atoms with van der Waals surface area (Å²) < 4.78 is 27.5. The van der Waals surface area contributed by atoms with E-state index in [1.165, 1.54) is 6.07 Å². The summed E-state index contributed by atoms with van der Waals surface area (Å²) in [5.74, 6) is 0. The van der Waals surface area contributed by atoms with Crippen LogP contribution in [0.4, 0.5) is 5.69 Å². The van der Waals surface area contributed by atoms with Crippen molar-refractivity contribution in [2.24, 2.45) is 0 Å². The van der Waals surface area contributed by atoms with Gasteiger partial charge in [-0.3, -0.25) is 0 Å². The number of hydrogen-bond acceptors (Lipinski definition) is 3. The van der Waals surface area contributed by atoms with Crippen LogP contribution in [0.1, 0.15) is 25.7 Å². The minimum Gasteiger partial charge on any atom is -0.399 e. The number of nitrogens with two attached hydrogens (primary N) is 1. The molecule has 0 spiro atoms. The van der Waals surface area contributed by atoms with Gasteiger partial charge in [0.2, 0.25) is 10.0 Å². The van der Waals surface area contributed by atoms with Crippen molar-refractivity contribution in [3.8, 4) is 0 Å². The summed E-state index contributed by atoms with van der Waals surface area (Å²) in [5.41, 5.74) is 6.13. The maximum atomic E-state index is 12.1. The predicted molar refractivity (Wildman–Crippen MR) is 71.1 cm³/mol. The van der Waals surface area contributed by atoms with Gasteiger partial charge in [-0.2, -0.15) is 0 Å². The van der Waals surface area contributed by atoms with Crippen molar-refractivity contribution in [3.05, 3.63) is 22.7 Å². The SMILES string of the molecule is Nc1ccc(S(=O)(=O)NC2CCCC2)c(Br)c1. The van der Waals surface area contributed by atoms with Gasteiger partial charge in [0.15, 0.2) is 0 Å². The summed E-state index contributed by atoms with van der Waals surface area (Å²) in [4.78, 5) is 0.249. The van der Waals surface area contributed by atoms with Crippen LogP contribution in [0, 0.1) is 0 Å². The van der Waals surface area contributed by atoms with E-state index in [0.717, 1.165) is 25.7 Å². The van der Waals surface area contributed by atoms with E-state index in [2.05, 4.69) is 20.7 Å². The highest BCUT2D eigenvalue weighted by molar-refractivity contribution is 9.10. The number of nitrogens with one attached hydrogen (secondary N) is 1. The van der Waals surface area contributed by atoms with E-state index in [1.807, 2.05) is 0 Å². The van der Waals surface area contributed by atoms with Gasteiger partial charge in [-0.1, -0.05) is 12.8 Å². The van der Waals surface area contributed by atoms with Crippen molar-refractivity contribution in [1.82, 2.24) is 4.72 Å². The molecule has 17 heavy (non-hydrogen) atoms. The number of rotatable bonds is 3. The van der Waals surface area contributed by atoms with Crippen molar-refractivity contribution < 1.29 is 8.42 Å². The second-order valence-corrected chi connectivity index (χ2v) is 6.83. The van der Waals surface area contributed by atoms with Crippen molar-refractivity contribution >= 4 is 31.6 Å². The molecule has 94 valence electrons. The molecule has 0 unspecified atom stereocenters. The van der Waals surface area contributed by atoms with Crippen LogP contribution in [0.3, 0.4) is 0 Å². The molecule has 4 nitrogen and oxygen atoms in total. The first-order valence-electron chi connectivity index (χ1n) is 5.56. The van der Waals surface area contributed by atoms with Crippen LogP contribution in [0.5, 0.6) is 0 Å². The third-order valence-corrected chi connectivity index (χ3v) is 5.42. The molecule has 0 aliphatic heterocycles.